The summed E-state index contributed by atoms with van der Waals surface area (Å²) in [6.45, 7) is 0.219. The molecule has 0 spiro atoms. The predicted molar refractivity (Wildman–Crippen MR) is 65.1 cm³/mol. The second-order valence-corrected chi connectivity index (χ2v) is 6.01. The van der Waals surface area contributed by atoms with E-state index in [-0.39, 0.29) is 28.9 Å². The second kappa shape index (κ2) is 5.74. The third-order valence-corrected chi connectivity index (χ3v) is 3.86. The number of anilines is 1. The van der Waals surface area contributed by atoms with E-state index < -0.39 is 21.7 Å². The normalized spacial score (nSPS) is 11.5. The van der Waals surface area contributed by atoms with Crippen LogP contribution in [0.3, 0.4) is 0 Å². The number of hydrogen-bond acceptors (Lipinski definition) is 3. The summed E-state index contributed by atoms with van der Waals surface area (Å²) in [5.41, 5.74) is 4.88. The molecule has 96 valence electrons. The maximum absolute atomic E-state index is 13.3. The lowest BCUT2D eigenvalue weighted by atomic mass is 10.3. The summed E-state index contributed by atoms with van der Waals surface area (Å²) in [4.78, 5) is 0. The molecule has 0 saturated heterocycles. The molecule has 0 radical (unpaired) electrons. The Bertz CT molecular complexity index is 508. The summed E-state index contributed by atoms with van der Waals surface area (Å²) in [7, 11) is -3.66. The average Bonchev–Trinajstić information content (AvgIpc) is 2.23. The van der Waals surface area contributed by atoms with Crippen molar-refractivity contribution in [2.24, 2.45) is 5.73 Å². The van der Waals surface area contributed by atoms with Crippen molar-refractivity contribution < 1.29 is 17.2 Å². The van der Waals surface area contributed by atoms with E-state index in [1.165, 1.54) is 0 Å². The summed E-state index contributed by atoms with van der Waals surface area (Å²) < 4.78 is 51.1. The van der Waals surface area contributed by atoms with Crippen molar-refractivity contribution in [3.05, 3.63) is 28.2 Å². The minimum atomic E-state index is -3.66. The van der Waals surface area contributed by atoms with E-state index in [1.807, 2.05) is 4.72 Å². The molecule has 0 aliphatic carbocycles. The molecule has 0 unspecified atom stereocenters. The van der Waals surface area contributed by atoms with Gasteiger partial charge < -0.3 is 5.73 Å². The predicted octanol–water partition coefficient (Wildman–Crippen LogP) is 1.82. The van der Waals surface area contributed by atoms with E-state index >= 15 is 0 Å². The third-order valence-electron chi connectivity index (χ3n) is 1.89. The first kappa shape index (κ1) is 14.3. The first-order valence-electron chi connectivity index (χ1n) is 4.71. The van der Waals surface area contributed by atoms with Crippen LogP contribution in [0.2, 0.25) is 0 Å². The molecule has 1 rings (SSSR count). The Morgan fingerprint density at radius 3 is 2.53 bits per heavy atom. The molecular weight excluding hydrogens is 318 g/mol. The lowest BCUT2D eigenvalue weighted by Crippen LogP contribution is -2.19. The van der Waals surface area contributed by atoms with Gasteiger partial charge in [-0.15, -0.1) is 0 Å². The van der Waals surface area contributed by atoms with Gasteiger partial charge in [-0.3, -0.25) is 4.72 Å². The molecule has 0 bridgehead atoms. The number of nitrogens with two attached hydrogens (primary N) is 1. The van der Waals surface area contributed by atoms with Gasteiger partial charge >= 0.3 is 0 Å². The lowest BCUT2D eigenvalue weighted by molar-refractivity contribution is 0.578. The second-order valence-electron chi connectivity index (χ2n) is 3.31. The Hall–Kier alpha value is -0.730. The van der Waals surface area contributed by atoms with Crippen LogP contribution in [0.4, 0.5) is 14.5 Å². The zero-order chi connectivity index (χ0) is 13.1. The zero-order valence-corrected chi connectivity index (χ0v) is 11.1. The fraction of sp³-hybridized carbons (Fsp3) is 0.333. The molecule has 8 heteroatoms. The van der Waals surface area contributed by atoms with E-state index in [4.69, 9.17) is 5.73 Å². The van der Waals surface area contributed by atoms with Crippen LogP contribution in [0.5, 0.6) is 0 Å². The molecule has 0 saturated carbocycles. The van der Waals surface area contributed by atoms with Crippen LogP contribution in [0.25, 0.3) is 0 Å². The Balaban J connectivity index is 2.92. The molecular formula is C9H11BrF2N2O2S. The summed E-state index contributed by atoms with van der Waals surface area (Å²) in [5, 5.41) is 0. The van der Waals surface area contributed by atoms with E-state index in [0.29, 0.717) is 6.07 Å². The highest BCUT2D eigenvalue weighted by molar-refractivity contribution is 9.10. The number of halogens is 3. The highest BCUT2D eigenvalue weighted by Gasteiger charge is 2.14. The van der Waals surface area contributed by atoms with E-state index in [1.54, 1.807) is 0 Å². The van der Waals surface area contributed by atoms with Crippen LogP contribution < -0.4 is 10.5 Å². The van der Waals surface area contributed by atoms with Crippen molar-refractivity contribution in [3.63, 3.8) is 0 Å². The summed E-state index contributed by atoms with van der Waals surface area (Å²) in [5.74, 6) is -1.98. The van der Waals surface area contributed by atoms with Gasteiger partial charge in [-0.1, -0.05) is 0 Å². The first-order valence-corrected chi connectivity index (χ1v) is 7.15. The van der Waals surface area contributed by atoms with Gasteiger partial charge in [0.25, 0.3) is 0 Å². The molecule has 0 heterocycles. The van der Waals surface area contributed by atoms with Gasteiger partial charge in [-0.05, 0) is 35.0 Å². The molecule has 0 aliphatic rings. The van der Waals surface area contributed by atoms with Crippen LogP contribution in [0.15, 0.2) is 16.6 Å². The van der Waals surface area contributed by atoms with Crippen molar-refractivity contribution >= 4 is 31.6 Å². The van der Waals surface area contributed by atoms with Gasteiger partial charge in [0, 0.05) is 6.07 Å². The topological polar surface area (TPSA) is 72.2 Å². The highest BCUT2D eigenvalue weighted by atomic mass is 79.9. The maximum atomic E-state index is 13.3. The first-order chi connectivity index (χ1) is 7.85. The molecule has 0 aromatic heterocycles. The monoisotopic (exact) mass is 328 g/mol. The SMILES string of the molecule is NCCCS(=O)(=O)Nc1cc(Br)c(F)cc1F. The molecule has 0 amide bonds. The molecule has 0 aliphatic heterocycles. The average molecular weight is 329 g/mol. The smallest absolute Gasteiger partial charge is 0.232 e. The number of nitrogens with one attached hydrogen (secondary N) is 1. The van der Waals surface area contributed by atoms with Gasteiger partial charge in [-0.25, -0.2) is 17.2 Å². The standard InChI is InChI=1S/C9H11BrF2N2O2S/c10-6-4-9(8(12)5-7(6)11)14-17(15,16)3-1-2-13/h4-5,14H,1-3,13H2. The fourth-order valence-electron chi connectivity index (χ4n) is 1.09. The minimum absolute atomic E-state index is 0.0181. The van der Waals surface area contributed by atoms with Crippen molar-refractivity contribution in [1.82, 2.24) is 0 Å². The van der Waals surface area contributed by atoms with Crippen molar-refractivity contribution in [2.75, 3.05) is 17.0 Å². The molecule has 3 N–H and O–H groups in total. The van der Waals surface area contributed by atoms with Gasteiger partial charge in [0.15, 0.2) is 0 Å². The zero-order valence-electron chi connectivity index (χ0n) is 8.71. The van der Waals surface area contributed by atoms with Gasteiger partial charge in [-0.2, -0.15) is 0 Å². The Morgan fingerprint density at radius 1 is 1.29 bits per heavy atom. The van der Waals surface area contributed by atoms with Crippen molar-refractivity contribution in [2.45, 2.75) is 6.42 Å². The Labute approximate surface area is 106 Å². The van der Waals surface area contributed by atoms with Crippen LogP contribution in [0, 0.1) is 11.6 Å². The van der Waals surface area contributed by atoms with E-state index in [0.717, 1.165) is 6.07 Å². The van der Waals surface area contributed by atoms with Crippen LogP contribution >= 0.6 is 15.9 Å². The molecule has 17 heavy (non-hydrogen) atoms. The van der Waals surface area contributed by atoms with Gasteiger partial charge in [0.2, 0.25) is 10.0 Å². The van der Waals surface area contributed by atoms with Crippen molar-refractivity contribution in [3.8, 4) is 0 Å². The number of sulfonamides is 1. The summed E-state index contributed by atoms with van der Waals surface area (Å²) in [6, 6.07) is 1.63. The minimum Gasteiger partial charge on any atom is -0.330 e. The number of hydrogen-bond donors (Lipinski definition) is 2. The van der Waals surface area contributed by atoms with Crippen LogP contribution in [-0.2, 0) is 10.0 Å². The van der Waals surface area contributed by atoms with Gasteiger partial charge in [0.1, 0.15) is 11.6 Å². The molecule has 0 fully saturated rings. The van der Waals surface area contributed by atoms with E-state index in [2.05, 4.69) is 15.9 Å². The van der Waals surface area contributed by atoms with Crippen molar-refractivity contribution in [1.29, 1.82) is 0 Å². The maximum Gasteiger partial charge on any atom is 0.232 e. The third kappa shape index (κ3) is 4.21. The van der Waals surface area contributed by atoms with Crippen LogP contribution in [0.1, 0.15) is 6.42 Å². The molecule has 1 aromatic carbocycles. The Kier molecular flexibility index (Phi) is 4.84. The van der Waals surface area contributed by atoms with E-state index in [9.17, 15) is 17.2 Å². The van der Waals surface area contributed by atoms with Gasteiger partial charge in [0.05, 0.1) is 15.9 Å². The fourth-order valence-corrected chi connectivity index (χ4v) is 2.58. The number of rotatable bonds is 5. The quantitative estimate of drug-likeness (QED) is 0.810. The van der Waals surface area contributed by atoms with Crippen LogP contribution in [-0.4, -0.2) is 20.7 Å². The summed E-state index contributed by atoms with van der Waals surface area (Å²) in [6.07, 6.45) is 0.263. The highest BCUT2D eigenvalue weighted by Crippen LogP contribution is 2.24. The summed E-state index contributed by atoms with van der Waals surface area (Å²) >= 11 is 2.84. The molecule has 1 aromatic rings. The largest absolute Gasteiger partial charge is 0.330 e. The number of benzene rings is 1. The molecule has 4 nitrogen and oxygen atoms in total. The lowest BCUT2D eigenvalue weighted by Gasteiger charge is -2.09. The Morgan fingerprint density at radius 2 is 1.94 bits per heavy atom. The molecule has 0 atom stereocenters.